The Balaban J connectivity index is 1.77. The van der Waals surface area contributed by atoms with Crippen LogP contribution in [0.2, 0.25) is 10.0 Å². The molecule has 0 aliphatic carbocycles. The Hall–Kier alpha value is -2.69. The van der Waals surface area contributed by atoms with Gasteiger partial charge in [-0.15, -0.1) is 0 Å². The number of alkyl halides is 5. The summed E-state index contributed by atoms with van der Waals surface area (Å²) in [4.78, 5) is 0.120. The molecule has 3 aromatic carbocycles. The van der Waals surface area contributed by atoms with Gasteiger partial charge in [-0.3, -0.25) is 5.01 Å². The minimum absolute atomic E-state index is 0.0281. The van der Waals surface area contributed by atoms with E-state index in [2.05, 4.69) is 5.10 Å². The number of halogens is 7. The summed E-state index contributed by atoms with van der Waals surface area (Å²) in [6, 6.07) is 15.7. The van der Waals surface area contributed by atoms with Gasteiger partial charge in [-0.25, -0.2) is 8.42 Å². The maximum absolute atomic E-state index is 14.3. The third-order valence-electron chi connectivity index (χ3n) is 5.67. The van der Waals surface area contributed by atoms with Gasteiger partial charge in [0.1, 0.15) is 5.71 Å². The van der Waals surface area contributed by atoms with Crippen molar-refractivity contribution < 1.29 is 30.4 Å². The van der Waals surface area contributed by atoms with E-state index in [-0.39, 0.29) is 20.6 Å². The van der Waals surface area contributed by atoms with E-state index >= 15 is 0 Å². The van der Waals surface area contributed by atoms with Crippen molar-refractivity contribution in [3.05, 3.63) is 82.3 Å². The molecule has 1 aliphatic rings. The molecule has 190 valence electrons. The Morgan fingerprint density at radius 3 is 2.17 bits per heavy atom. The van der Waals surface area contributed by atoms with Crippen molar-refractivity contribution in [2.45, 2.75) is 29.5 Å². The maximum Gasteiger partial charge on any atom is 0.459 e. The molecule has 0 radical (unpaired) electrons. The molecule has 4 rings (SSSR count). The molecular weight excluding hydrogens is 546 g/mol. The molecule has 3 aromatic rings. The predicted molar refractivity (Wildman–Crippen MR) is 130 cm³/mol. The Morgan fingerprint density at radius 2 is 1.58 bits per heavy atom. The molecule has 0 saturated carbocycles. The van der Waals surface area contributed by atoms with Crippen molar-refractivity contribution in [1.29, 1.82) is 0 Å². The summed E-state index contributed by atoms with van der Waals surface area (Å²) in [5, 5.41) is 4.99. The summed E-state index contributed by atoms with van der Waals surface area (Å²) in [7, 11) is -3.41. The van der Waals surface area contributed by atoms with Crippen molar-refractivity contribution in [3.63, 3.8) is 0 Å². The van der Waals surface area contributed by atoms with Crippen LogP contribution < -0.4 is 5.01 Å². The van der Waals surface area contributed by atoms with Gasteiger partial charge < -0.3 is 0 Å². The highest BCUT2D eigenvalue weighted by Crippen LogP contribution is 2.46. The average Bonchev–Trinajstić information content (AvgIpc) is 3.24. The fourth-order valence-corrected chi connectivity index (χ4v) is 4.96. The monoisotopic (exact) mass is 562 g/mol. The molecule has 0 N–H and O–H groups in total. The number of hydrogen-bond acceptors (Lipinski definition) is 4. The second-order valence-corrected chi connectivity index (χ2v) is 11.1. The molecular formula is C24H17Cl2F5N2O2S. The van der Waals surface area contributed by atoms with E-state index in [1.165, 1.54) is 30.3 Å². The van der Waals surface area contributed by atoms with Crippen LogP contribution in [0.5, 0.6) is 0 Å². The first-order valence-corrected chi connectivity index (χ1v) is 13.0. The van der Waals surface area contributed by atoms with Gasteiger partial charge in [-0.1, -0.05) is 53.5 Å². The number of hydrogen-bond donors (Lipinski definition) is 0. The summed E-state index contributed by atoms with van der Waals surface area (Å²) < 4.78 is 91.4. The van der Waals surface area contributed by atoms with Crippen molar-refractivity contribution in [2.75, 3.05) is 11.3 Å². The second kappa shape index (κ2) is 9.32. The van der Waals surface area contributed by atoms with Crippen LogP contribution in [0.25, 0.3) is 11.1 Å². The fourth-order valence-electron chi connectivity index (χ4n) is 3.83. The van der Waals surface area contributed by atoms with Crippen LogP contribution in [0.1, 0.15) is 18.0 Å². The second-order valence-electron chi connectivity index (χ2n) is 8.20. The summed E-state index contributed by atoms with van der Waals surface area (Å²) in [5.41, 5.74) is 0.407. The molecule has 1 aliphatic heterocycles. The van der Waals surface area contributed by atoms with Crippen LogP contribution in [0, 0.1) is 0 Å². The molecule has 0 fully saturated rings. The molecule has 1 atom stereocenters. The van der Waals surface area contributed by atoms with Gasteiger partial charge in [0.2, 0.25) is 0 Å². The summed E-state index contributed by atoms with van der Waals surface area (Å²) >= 11 is 12.2. The van der Waals surface area contributed by atoms with Crippen molar-refractivity contribution in [1.82, 2.24) is 0 Å². The highest BCUT2D eigenvalue weighted by atomic mass is 35.5. The van der Waals surface area contributed by atoms with E-state index in [4.69, 9.17) is 23.2 Å². The molecule has 1 unspecified atom stereocenters. The summed E-state index contributed by atoms with van der Waals surface area (Å²) in [6.45, 7) is 0. The number of benzene rings is 3. The molecule has 36 heavy (non-hydrogen) atoms. The SMILES string of the molecule is CS(=O)(=O)c1ccc(-c2cccc(C3CC(C(F)(F)C(F)(F)F)=NN3c3ccc(Cl)cc3Cl)c2)cc1. The highest BCUT2D eigenvalue weighted by molar-refractivity contribution is 7.90. The zero-order chi connectivity index (χ0) is 26.5. The van der Waals surface area contributed by atoms with Gasteiger partial charge in [-0.2, -0.15) is 27.1 Å². The Labute approximate surface area is 213 Å². The largest absolute Gasteiger partial charge is 0.459 e. The minimum atomic E-state index is -5.82. The Morgan fingerprint density at radius 1 is 0.917 bits per heavy atom. The number of anilines is 1. The van der Waals surface area contributed by atoms with Gasteiger partial charge in [0.05, 0.1) is 21.6 Å². The summed E-state index contributed by atoms with van der Waals surface area (Å²) in [5.74, 6) is -5.14. The summed E-state index contributed by atoms with van der Waals surface area (Å²) in [6.07, 6.45) is -5.45. The molecule has 0 saturated heterocycles. The highest BCUT2D eigenvalue weighted by Gasteiger charge is 2.62. The predicted octanol–water partition coefficient (Wildman–Crippen LogP) is 7.57. The number of nitrogens with zero attached hydrogens (tertiary/aromatic N) is 2. The van der Waals surface area contributed by atoms with Gasteiger partial charge in [0.25, 0.3) is 0 Å². The van der Waals surface area contributed by atoms with Crippen LogP contribution in [0.4, 0.5) is 27.6 Å². The third kappa shape index (κ3) is 5.07. The van der Waals surface area contributed by atoms with E-state index in [1.54, 1.807) is 36.4 Å². The number of sulfone groups is 1. The molecule has 4 nitrogen and oxygen atoms in total. The molecule has 0 amide bonds. The zero-order valence-electron chi connectivity index (χ0n) is 18.4. The van der Waals surface area contributed by atoms with Crippen molar-refractivity contribution in [2.24, 2.45) is 5.10 Å². The topological polar surface area (TPSA) is 49.7 Å². The lowest BCUT2D eigenvalue weighted by Crippen LogP contribution is -2.43. The van der Waals surface area contributed by atoms with Crippen LogP contribution >= 0.6 is 23.2 Å². The Kier molecular flexibility index (Phi) is 6.83. The van der Waals surface area contributed by atoms with Crippen molar-refractivity contribution >= 4 is 44.4 Å². The van der Waals surface area contributed by atoms with E-state index in [1.807, 2.05) is 0 Å². The lowest BCUT2D eigenvalue weighted by molar-refractivity contribution is -0.249. The van der Waals surface area contributed by atoms with Crippen LogP contribution in [0.15, 0.2) is 76.7 Å². The number of hydrazone groups is 1. The first kappa shape index (κ1) is 26.4. The lowest BCUT2D eigenvalue weighted by atomic mass is 9.95. The zero-order valence-corrected chi connectivity index (χ0v) is 20.7. The maximum atomic E-state index is 14.3. The first-order valence-electron chi connectivity index (χ1n) is 10.4. The number of rotatable bonds is 5. The normalized spacial score (nSPS) is 16.8. The molecule has 0 bridgehead atoms. The molecule has 12 heteroatoms. The van der Waals surface area contributed by atoms with Crippen LogP contribution in [-0.2, 0) is 9.84 Å². The van der Waals surface area contributed by atoms with E-state index in [9.17, 15) is 30.4 Å². The van der Waals surface area contributed by atoms with E-state index in [0.29, 0.717) is 16.7 Å². The van der Waals surface area contributed by atoms with Crippen LogP contribution in [-0.4, -0.2) is 32.5 Å². The first-order chi connectivity index (χ1) is 16.7. The van der Waals surface area contributed by atoms with Gasteiger partial charge >= 0.3 is 12.1 Å². The smallest absolute Gasteiger partial charge is 0.256 e. The molecule has 0 spiro atoms. The fraction of sp³-hybridized carbons (Fsp3) is 0.208. The average molecular weight is 563 g/mol. The molecule has 1 heterocycles. The van der Waals surface area contributed by atoms with E-state index < -0.39 is 40.1 Å². The Bertz CT molecular complexity index is 1440. The van der Waals surface area contributed by atoms with Crippen LogP contribution in [0.3, 0.4) is 0 Å². The molecule has 0 aromatic heterocycles. The minimum Gasteiger partial charge on any atom is -0.256 e. The quantitative estimate of drug-likeness (QED) is 0.301. The van der Waals surface area contributed by atoms with Gasteiger partial charge in [0, 0.05) is 17.7 Å². The van der Waals surface area contributed by atoms with E-state index in [0.717, 1.165) is 11.3 Å². The lowest BCUT2D eigenvalue weighted by Gasteiger charge is -2.25. The van der Waals surface area contributed by atoms with Crippen molar-refractivity contribution in [3.8, 4) is 11.1 Å². The standard InChI is InChI=1S/C24H17Cl2F5N2O2S/c1-36(34,35)18-8-5-14(6-9-18)15-3-2-4-16(11-15)21-13-22(23(27,28)24(29,30)31)32-33(21)20-10-7-17(25)12-19(20)26/h2-12,21H,13H2,1H3. The van der Waals surface area contributed by atoms with Gasteiger partial charge in [-0.05, 0) is 53.1 Å². The third-order valence-corrected chi connectivity index (χ3v) is 7.34. The van der Waals surface area contributed by atoms with Gasteiger partial charge in [0.15, 0.2) is 9.84 Å².